The lowest BCUT2D eigenvalue weighted by atomic mass is 10.0. The summed E-state index contributed by atoms with van der Waals surface area (Å²) in [5, 5.41) is 14.3. The Labute approximate surface area is 132 Å². The van der Waals surface area contributed by atoms with Crippen molar-refractivity contribution in [3.8, 4) is 0 Å². The molecule has 0 aliphatic rings. The van der Waals surface area contributed by atoms with E-state index in [1.54, 1.807) is 12.1 Å². The van der Waals surface area contributed by atoms with Crippen LogP contribution in [0.2, 0.25) is 0 Å². The van der Waals surface area contributed by atoms with Crippen LogP contribution in [0.5, 0.6) is 0 Å². The van der Waals surface area contributed by atoms with Gasteiger partial charge in [-0.2, -0.15) is 0 Å². The quantitative estimate of drug-likeness (QED) is 0.614. The summed E-state index contributed by atoms with van der Waals surface area (Å²) in [6, 6.07) is 10.8. The number of aryl methyl sites for hydroxylation is 2. The minimum Gasteiger partial charge on any atom is -0.378 e. The van der Waals surface area contributed by atoms with E-state index in [2.05, 4.69) is 33.4 Å². The van der Waals surface area contributed by atoms with Crippen molar-refractivity contribution in [3.63, 3.8) is 0 Å². The van der Waals surface area contributed by atoms with Gasteiger partial charge < -0.3 is 5.32 Å². The van der Waals surface area contributed by atoms with Gasteiger partial charge in [0, 0.05) is 28.3 Å². The van der Waals surface area contributed by atoms with E-state index in [9.17, 15) is 10.1 Å². The lowest BCUT2D eigenvalue weighted by molar-refractivity contribution is -0.384. The SMILES string of the molecule is Cc1cc(Br)cc(C)c1NC(C)c1cccc([N+](=O)[O-])c1. The van der Waals surface area contributed by atoms with Crippen LogP contribution in [0.25, 0.3) is 0 Å². The third-order valence-corrected chi connectivity index (χ3v) is 3.90. The van der Waals surface area contributed by atoms with Crippen LogP contribution in [-0.4, -0.2) is 4.92 Å². The molecule has 0 spiro atoms. The average Bonchev–Trinajstić information content (AvgIpc) is 2.42. The van der Waals surface area contributed by atoms with Gasteiger partial charge in [-0.3, -0.25) is 10.1 Å². The van der Waals surface area contributed by atoms with Crippen molar-refractivity contribution in [2.45, 2.75) is 26.8 Å². The maximum atomic E-state index is 10.9. The molecule has 4 nitrogen and oxygen atoms in total. The van der Waals surface area contributed by atoms with Gasteiger partial charge in [-0.15, -0.1) is 0 Å². The second-order valence-corrected chi connectivity index (χ2v) is 6.05. The topological polar surface area (TPSA) is 55.2 Å². The van der Waals surface area contributed by atoms with Crippen molar-refractivity contribution >= 4 is 27.3 Å². The molecule has 0 saturated heterocycles. The highest BCUT2D eigenvalue weighted by Crippen LogP contribution is 2.29. The van der Waals surface area contributed by atoms with Gasteiger partial charge in [0.25, 0.3) is 5.69 Å². The average molecular weight is 349 g/mol. The minimum absolute atomic E-state index is 0.0107. The second kappa shape index (κ2) is 6.26. The third kappa shape index (κ3) is 3.61. The predicted octanol–water partition coefficient (Wildman–Crippen LogP) is 5.15. The molecule has 0 aliphatic heterocycles. The summed E-state index contributed by atoms with van der Waals surface area (Å²) in [6.07, 6.45) is 0. The molecule has 2 aromatic carbocycles. The van der Waals surface area contributed by atoms with E-state index in [1.807, 2.05) is 26.8 Å². The van der Waals surface area contributed by atoms with Crippen molar-refractivity contribution in [1.29, 1.82) is 0 Å². The number of rotatable bonds is 4. The van der Waals surface area contributed by atoms with Crippen LogP contribution in [0.1, 0.15) is 29.7 Å². The van der Waals surface area contributed by atoms with Crippen LogP contribution >= 0.6 is 15.9 Å². The van der Waals surface area contributed by atoms with Gasteiger partial charge in [-0.05, 0) is 49.6 Å². The Bertz CT molecular complexity index is 663. The molecule has 0 fully saturated rings. The molecule has 110 valence electrons. The maximum absolute atomic E-state index is 10.9. The summed E-state index contributed by atoms with van der Waals surface area (Å²) in [5.41, 5.74) is 4.35. The largest absolute Gasteiger partial charge is 0.378 e. The lowest BCUT2D eigenvalue weighted by Gasteiger charge is -2.19. The van der Waals surface area contributed by atoms with Crippen molar-refractivity contribution in [2.24, 2.45) is 0 Å². The molecule has 1 N–H and O–H groups in total. The zero-order chi connectivity index (χ0) is 15.6. The smallest absolute Gasteiger partial charge is 0.269 e. The molecule has 0 aromatic heterocycles. The van der Waals surface area contributed by atoms with Gasteiger partial charge in [0.05, 0.1) is 4.92 Å². The molecule has 5 heteroatoms. The summed E-state index contributed by atoms with van der Waals surface area (Å²) in [5.74, 6) is 0. The number of nitrogens with one attached hydrogen (secondary N) is 1. The van der Waals surface area contributed by atoms with Gasteiger partial charge in [-0.25, -0.2) is 0 Å². The van der Waals surface area contributed by atoms with E-state index in [1.165, 1.54) is 6.07 Å². The van der Waals surface area contributed by atoms with Gasteiger partial charge in [0.2, 0.25) is 0 Å². The van der Waals surface area contributed by atoms with Crippen LogP contribution in [0, 0.1) is 24.0 Å². The van der Waals surface area contributed by atoms with E-state index in [4.69, 9.17) is 0 Å². The summed E-state index contributed by atoms with van der Waals surface area (Å²) in [4.78, 5) is 10.5. The Morgan fingerprint density at radius 1 is 1.19 bits per heavy atom. The standard InChI is InChI=1S/C16H17BrN2O2/c1-10-7-14(17)8-11(2)16(10)18-12(3)13-5-4-6-15(9-13)19(20)21/h4-9,12,18H,1-3H3. The molecule has 0 amide bonds. The minimum atomic E-state index is -0.369. The fourth-order valence-electron chi connectivity index (χ4n) is 2.35. The molecule has 0 bridgehead atoms. The second-order valence-electron chi connectivity index (χ2n) is 5.13. The number of nitro groups is 1. The number of benzene rings is 2. The van der Waals surface area contributed by atoms with E-state index >= 15 is 0 Å². The van der Waals surface area contributed by atoms with Gasteiger partial charge in [0.15, 0.2) is 0 Å². The van der Waals surface area contributed by atoms with Crippen LogP contribution in [-0.2, 0) is 0 Å². The molecule has 1 atom stereocenters. The van der Waals surface area contributed by atoms with Crippen LogP contribution in [0.15, 0.2) is 40.9 Å². The number of hydrogen-bond acceptors (Lipinski definition) is 3. The Balaban J connectivity index is 2.28. The molecule has 0 saturated carbocycles. The molecule has 0 heterocycles. The zero-order valence-electron chi connectivity index (χ0n) is 12.2. The first-order valence-electron chi connectivity index (χ1n) is 6.66. The lowest BCUT2D eigenvalue weighted by Crippen LogP contribution is -2.09. The molecule has 21 heavy (non-hydrogen) atoms. The number of hydrogen-bond donors (Lipinski definition) is 1. The Morgan fingerprint density at radius 3 is 2.38 bits per heavy atom. The fraction of sp³-hybridized carbons (Fsp3) is 0.250. The highest BCUT2D eigenvalue weighted by Gasteiger charge is 2.13. The monoisotopic (exact) mass is 348 g/mol. The van der Waals surface area contributed by atoms with E-state index < -0.39 is 0 Å². The highest BCUT2D eigenvalue weighted by atomic mass is 79.9. The Kier molecular flexibility index (Phi) is 4.63. The van der Waals surface area contributed by atoms with Crippen molar-refractivity contribution in [2.75, 3.05) is 5.32 Å². The molecule has 0 radical (unpaired) electrons. The van der Waals surface area contributed by atoms with Crippen LogP contribution in [0.4, 0.5) is 11.4 Å². The normalized spacial score (nSPS) is 12.0. The van der Waals surface area contributed by atoms with Crippen molar-refractivity contribution in [3.05, 3.63) is 67.7 Å². The number of halogens is 1. The molecular weight excluding hydrogens is 332 g/mol. The molecule has 2 rings (SSSR count). The maximum Gasteiger partial charge on any atom is 0.269 e. The van der Waals surface area contributed by atoms with Crippen LogP contribution < -0.4 is 5.32 Å². The molecule has 2 aromatic rings. The first-order chi connectivity index (χ1) is 9.88. The Morgan fingerprint density at radius 2 is 1.81 bits per heavy atom. The number of nitrogens with zero attached hydrogens (tertiary/aromatic N) is 1. The summed E-state index contributed by atoms with van der Waals surface area (Å²) < 4.78 is 1.05. The number of non-ortho nitro benzene ring substituents is 1. The van der Waals surface area contributed by atoms with Gasteiger partial charge in [0.1, 0.15) is 0 Å². The first-order valence-corrected chi connectivity index (χ1v) is 7.45. The van der Waals surface area contributed by atoms with E-state index in [0.717, 1.165) is 26.9 Å². The summed E-state index contributed by atoms with van der Waals surface area (Å²) in [6.45, 7) is 6.08. The number of anilines is 1. The van der Waals surface area contributed by atoms with Gasteiger partial charge >= 0.3 is 0 Å². The Hall–Kier alpha value is -1.88. The van der Waals surface area contributed by atoms with Gasteiger partial charge in [-0.1, -0.05) is 28.1 Å². The summed E-state index contributed by atoms with van der Waals surface area (Å²) in [7, 11) is 0. The number of nitro benzene ring substituents is 1. The summed E-state index contributed by atoms with van der Waals surface area (Å²) >= 11 is 3.48. The zero-order valence-corrected chi connectivity index (χ0v) is 13.8. The van der Waals surface area contributed by atoms with Crippen molar-refractivity contribution < 1.29 is 4.92 Å². The first kappa shape index (κ1) is 15.5. The fourth-order valence-corrected chi connectivity index (χ4v) is 3.03. The van der Waals surface area contributed by atoms with Crippen LogP contribution in [0.3, 0.4) is 0 Å². The third-order valence-electron chi connectivity index (χ3n) is 3.44. The van der Waals surface area contributed by atoms with E-state index in [0.29, 0.717) is 0 Å². The molecular formula is C16H17BrN2O2. The predicted molar refractivity (Wildman–Crippen MR) is 88.8 cm³/mol. The van der Waals surface area contributed by atoms with E-state index in [-0.39, 0.29) is 16.7 Å². The molecule has 1 unspecified atom stereocenters. The molecule has 0 aliphatic carbocycles. The van der Waals surface area contributed by atoms with Crippen molar-refractivity contribution in [1.82, 2.24) is 0 Å². The highest BCUT2D eigenvalue weighted by molar-refractivity contribution is 9.10.